The number of carbonyl (C=O) groups excluding carboxylic acids is 1. The van der Waals surface area contributed by atoms with Crippen LogP contribution < -0.4 is 10.7 Å². The predicted molar refractivity (Wildman–Crippen MR) is 83.1 cm³/mol. The van der Waals surface area contributed by atoms with Crippen LogP contribution in [-0.4, -0.2) is 49.4 Å². The molecule has 116 valence electrons. The molecule has 0 bridgehead atoms. The van der Waals surface area contributed by atoms with Crippen LogP contribution in [0.15, 0.2) is 23.3 Å². The van der Waals surface area contributed by atoms with Gasteiger partial charge in [-0.15, -0.1) is 0 Å². The van der Waals surface area contributed by atoms with Crippen molar-refractivity contribution in [2.75, 3.05) is 31.6 Å². The summed E-state index contributed by atoms with van der Waals surface area (Å²) in [5.41, 5.74) is 3.35. The molecule has 0 radical (unpaired) electrons. The van der Waals surface area contributed by atoms with Crippen LogP contribution in [0.4, 0.5) is 10.1 Å². The SMILES string of the molecule is N=CC=NNc1cc(F)ccc1C(=O)N1CC2CNCC2C1. The average molecular weight is 303 g/mol. The van der Waals surface area contributed by atoms with E-state index in [1.807, 2.05) is 4.90 Å². The number of carbonyl (C=O) groups is 1. The first kappa shape index (κ1) is 14.6. The van der Waals surface area contributed by atoms with Crippen molar-refractivity contribution in [2.45, 2.75) is 0 Å². The molecule has 2 unspecified atom stereocenters. The summed E-state index contributed by atoms with van der Waals surface area (Å²) in [6.45, 7) is 3.37. The lowest BCUT2D eigenvalue weighted by atomic mass is 10.0. The number of nitrogens with one attached hydrogen (secondary N) is 3. The molecule has 3 rings (SSSR count). The Hall–Kier alpha value is -2.28. The Labute approximate surface area is 127 Å². The molecule has 2 atom stereocenters. The van der Waals surface area contributed by atoms with Gasteiger partial charge in [-0.3, -0.25) is 10.2 Å². The highest BCUT2D eigenvalue weighted by Gasteiger charge is 2.38. The summed E-state index contributed by atoms with van der Waals surface area (Å²) in [6.07, 6.45) is 2.23. The minimum Gasteiger partial charge on any atom is -0.338 e. The molecular formula is C15H18FN5O. The zero-order valence-corrected chi connectivity index (χ0v) is 12.1. The standard InChI is InChI=1S/C15H18FN5O/c16-12-1-2-13(14(5-12)20-19-4-3-17)15(22)21-8-10-6-18-7-11(10)9-21/h1-5,10-11,17-18,20H,6-9H2. The molecule has 1 aromatic carbocycles. The summed E-state index contributed by atoms with van der Waals surface area (Å²) in [7, 11) is 0. The summed E-state index contributed by atoms with van der Waals surface area (Å²) in [5, 5.41) is 14.0. The number of fused-ring (bicyclic) bond motifs is 1. The van der Waals surface area contributed by atoms with Crippen LogP contribution >= 0.6 is 0 Å². The highest BCUT2D eigenvalue weighted by molar-refractivity contribution is 6.14. The molecule has 7 heteroatoms. The molecule has 1 aromatic rings. The zero-order valence-electron chi connectivity index (χ0n) is 12.1. The van der Waals surface area contributed by atoms with Crippen molar-refractivity contribution in [1.29, 1.82) is 5.41 Å². The average Bonchev–Trinajstić information content (AvgIpc) is 3.08. The van der Waals surface area contributed by atoms with Gasteiger partial charge in [0.2, 0.25) is 0 Å². The Kier molecular flexibility index (Phi) is 4.15. The Balaban J connectivity index is 1.79. The predicted octanol–water partition coefficient (Wildman–Crippen LogP) is 1.16. The third-order valence-electron chi connectivity index (χ3n) is 4.22. The molecule has 0 aromatic heterocycles. The van der Waals surface area contributed by atoms with Gasteiger partial charge in [-0.05, 0) is 30.0 Å². The van der Waals surface area contributed by atoms with Gasteiger partial charge in [0.05, 0.1) is 17.5 Å². The van der Waals surface area contributed by atoms with E-state index in [9.17, 15) is 9.18 Å². The molecule has 6 nitrogen and oxygen atoms in total. The number of anilines is 1. The number of hydrazone groups is 1. The number of hydrogen-bond acceptors (Lipinski definition) is 5. The Morgan fingerprint density at radius 3 is 2.82 bits per heavy atom. The number of nitrogens with zero attached hydrogens (tertiary/aromatic N) is 2. The maximum atomic E-state index is 13.4. The third kappa shape index (κ3) is 2.85. The summed E-state index contributed by atoms with van der Waals surface area (Å²) in [4.78, 5) is 14.5. The van der Waals surface area contributed by atoms with Crippen LogP contribution in [-0.2, 0) is 0 Å². The zero-order chi connectivity index (χ0) is 15.5. The van der Waals surface area contributed by atoms with E-state index in [1.54, 1.807) is 0 Å². The number of benzene rings is 1. The molecule has 0 spiro atoms. The van der Waals surface area contributed by atoms with Crippen LogP contribution in [0.5, 0.6) is 0 Å². The van der Waals surface area contributed by atoms with Gasteiger partial charge in [-0.2, -0.15) is 5.10 Å². The first-order valence-electron chi connectivity index (χ1n) is 7.26. The van der Waals surface area contributed by atoms with Gasteiger partial charge < -0.3 is 15.6 Å². The fraction of sp³-hybridized carbons (Fsp3) is 0.400. The van der Waals surface area contributed by atoms with Crippen molar-refractivity contribution in [3.05, 3.63) is 29.6 Å². The van der Waals surface area contributed by atoms with E-state index in [0.29, 0.717) is 23.1 Å². The molecule has 2 aliphatic rings. The molecule has 2 fully saturated rings. The molecule has 0 saturated carbocycles. The normalized spacial score (nSPS) is 23.8. The molecular weight excluding hydrogens is 285 g/mol. The van der Waals surface area contributed by atoms with Crippen LogP contribution in [0.2, 0.25) is 0 Å². The molecule has 2 saturated heterocycles. The summed E-state index contributed by atoms with van der Waals surface area (Å²) in [6, 6.07) is 4.00. The molecule has 3 N–H and O–H groups in total. The van der Waals surface area contributed by atoms with Gasteiger partial charge in [-0.1, -0.05) is 0 Å². The lowest BCUT2D eigenvalue weighted by Crippen LogP contribution is -2.32. The second kappa shape index (κ2) is 6.23. The number of likely N-dealkylation sites (tertiary alicyclic amines) is 1. The van der Waals surface area contributed by atoms with Crippen LogP contribution in [0.25, 0.3) is 0 Å². The fourth-order valence-corrected chi connectivity index (χ4v) is 3.13. The molecule has 0 aliphatic carbocycles. The van der Waals surface area contributed by atoms with Crippen molar-refractivity contribution in [3.8, 4) is 0 Å². The first-order chi connectivity index (χ1) is 10.7. The lowest BCUT2D eigenvalue weighted by Gasteiger charge is -2.19. The lowest BCUT2D eigenvalue weighted by molar-refractivity contribution is 0.0782. The largest absolute Gasteiger partial charge is 0.338 e. The second-order valence-electron chi connectivity index (χ2n) is 5.64. The van der Waals surface area contributed by atoms with Gasteiger partial charge in [0.1, 0.15) is 5.82 Å². The monoisotopic (exact) mass is 303 g/mol. The van der Waals surface area contributed by atoms with Gasteiger partial charge in [-0.25, -0.2) is 4.39 Å². The maximum Gasteiger partial charge on any atom is 0.256 e. The minimum absolute atomic E-state index is 0.109. The van der Waals surface area contributed by atoms with E-state index >= 15 is 0 Å². The minimum atomic E-state index is -0.438. The molecule has 2 heterocycles. The summed E-state index contributed by atoms with van der Waals surface area (Å²) < 4.78 is 13.4. The van der Waals surface area contributed by atoms with Crippen LogP contribution in [0.1, 0.15) is 10.4 Å². The van der Waals surface area contributed by atoms with Gasteiger partial charge in [0, 0.05) is 32.4 Å². The number of amides is 1. The van der Waals surface area contributed by atoms with E-state index in [0.717, 1.165) is 32.4 Å². The Morgan fingerprint density at radius 2 is 2.14 bits per heavy atom. The van der Waals surface area contributed by atoms with Crippen molar-refractivity contribution >= 4 is 24.0 Å². The first-order valence-corrected chi connectivity index (χ1v) is 7.26. The second-order valence-corrected chi connectivity index (χ2v) is 5.64. The molecule has 22 heavy (non-hydrogen) atoms. The van der Waals surface area contributed by atoms with Crippen LogP contribution in [0, 0.1) is 23.1 Å². The van der Waals surface area contributed by atoms with E-state index in [2.05, 4.69) is 15.8 Å². The topological polar surface area (TPSA) is 80.6 Å². The van der Waals surface area contributed by atoms with Crippen molar-refractivity contribution in [2.24, 2.45) is 16.9 Å². The maximum absolute atomic E-state index is 13.4. The van der Waals surface area contributed by atoms with E-state index in [1.165, 1.54) is 24.4 Å². The molecule has 1 amide bonds. The Morgan fingerprint density at radius 1 is 1.41 bits per heavy atom. The highest BCUT2D eigenvalue weighted by atomic mass is 19.1. The molecule has 2 aliphatic heterocycles. The van der Waals surface area contributed by atoms with Gasteiger partial charge in [0.15, 0.2) is 0 Å². The smallest absolute Gasteiger partial charge is 0.256 e. The van der Waals surface area contributed by atoms with Gasteiger partial charge in [0.25, 0.3) is 5.91 Å². The van der Waals surface area contributed by atoms with E-state index in [4.69, 9.17) is 5.41 Å². The number of halogens is 1. The Bertz CT molecular complexity index is 606. The third-order valence-corrected chi connectivity index (χ3v) is 4.22. The van der Waals surface area contributed by atoms with Gasteiger partial charge >= 0.3 is 0 Å². The number of rotatable bonds is 4. The van der Waals surface area contributed by atoms with Crippen molar-refractivity contribution < 1.29 is 9.18 Å². The number of hydrogen-bond donors (Lipinski definition) is 3. The van der Waals surface area contributed by atoms with E-state index < -0.39 is 5.82 Å². The quantitative estimate of drug-likeness (QED) is 0.577. The van der Waals surface area contributed by atoms with Crippen molar-refractivity contribution in [1.82, 2.24) is 10.2 Å². The summed E-state index contributed by atoms with van der Waals surface area (Å²) in [5.74, 6) is 0.474. The van der Waals surface area contributed by atoms with E-state index in [-0.39, 0.29) is 5.91 Å². The fourth-order valence-electron chi connectivity index (χ4n) is 3.13. The van der Waals surface area contributed by atoms with Crippen LogP contribution in [0.3, 0.4) is 0 Å². The highest BCUT2D eigenvalue weighted by Crippen LogP contribution is 2.29. The van der Waals surface area contributed by atoms with Crippen molar-refractivity contribution in [3.63, 3.8) is 0 Å². The summed E-state index contributed by atoms with van der Waals surface area (Å²) >= 11 is 0.